The first kappa shape index (κ1) is 19.6. The van der Waals surface area contributed by atoms with Gasteiger partial charge in [-0.1, -0.05) is 36.4 Å². The molecular formula is C24H30N4O. The summed E-state index contributed by atoms with van der Waals surface area (Å²) in [5.74, 6) is 0.253. The van der Waals surface area contributed by atoms with Gasteiger partial charge >= 0.3 is 0 Å². The molecule has 2 aromatic heterocycles. The fraction of sp³-hybridized carbons (Fsp3) is 0.417. The molecule has 0 radical (unpaired) electrons. The number of amides is 1. The van der Waals surface area contributed by atoms with Crippen LogP contribution in [0.15, 0.2) is 60.9 Å². The molecule has 152 valence electrons. The van der Waals surface area contributed by atoms with E-state index in [1.165, 1.54) is 12.0 Å². The number of pyridine rings is 1. The summed E-state index contributed by atoms with van der Waals surface area (Å²) in [6.45, 7) is 2.75. The summed E-state index contributed by atoms with van der Waals surface area (Å²) in [4.78, 5) is 21.9. The maximum Gasteiger partial charge on any atom is 0.223 e. The van der Waals surface area contributed by atoms with Gasteiger partial charge in [-0.15, -0.1) is 0 Å². The fourth-order valence-corrected chi connectivity index (χ4v) is 4.17. The third kappa shape index (κ3) is 5.04. The molecular weight excluding hydrogens is 360 g/mol. The standard InChI is InChI=1S/C24H30N4O/c1-26(17-14-20-8-3-2-4-9-20)22-10-7-16-28(19-22)24(29)13-12-21-18-27-15-6-5-11-23(27)25-21/h2-6,8-9,11,15,18,22H,7,10,12-14,16-17,19H2,1H3/t22-/m0/s1. The second kappa shape index (κ2) is 9.23. The Labute approximate surface area is 173 Å². The highest BCUT2D eigenvalue weighted by atomic mass is 16.2. The largest absolute Gasteiger partial charge is 0.341 e. The summed E-state index contributed by atoms with van der Waals surface area (Å²) in [6, 6.07) is 17.0. The Bertz CT molecular complexity index is 903. The lowest BCUT2D eigenvalue weighted by Crippen LogP contribution is -2.49. The Balaban J connectivity index is 1.27. The normalized spacial score (nSPS) is 17.2. The Morgan fingerprint density at radius 2 is 1.97 bits per heavy atom. The van der Waals surface area contributed by atoms with Crippen LogP contribution in [0.25, 0.3) is 5.65 Å². The smallest absolute Gasteiger partial charge is 0.223 e. The quantitative estimate of drug-likeness (QED) is 0.621. The van der Waals surface area contributed by atoms with E-state index < -0.39 is 0 Å². The van der Waals surface area contributed by atoms with Crippen LogP contribution in [-0.4, -0.2) is 57.8 Å². The van der Waals surface area contributed by atoms with Gasteiger partial charge in [-0.2, -0.15) is 0 Å². The summed E-state index contributed by atoms with van der Waals surface area (Å²) >= 11 is 0. The number of carbonyl (C=O) groups is 1. The van der Waals surface area contributed by atoms with Crippen molar-refractivity contribution in [1.29, 1.82) is 0 Å². The number of piperidine rings is 1. The molecule has 1 fully saturated rings. The lowest BCUT2D eigenvalue weighted by molar-refractivity contribution is -0.133. The van der Waals surface area contributed by atoms with Crippen molar-refractivity contribution in [2.24, 2.45) is 0 Å². The lowest BCUT2D eigenvalue weighted by Gasteiger charge is -2.37. The molecule has 0 unspecified atom stereocenters. The Hall–Kier alpha value is -2.66. The van der Waals surface area contributed by atoms with Crippen molar-refractivity contribution in [3.63, 3.8) is 0 Å². The highest BCUT2D eigenvalue weighted by molar-refractivity contribution is 5.76. The molecule has 5 nitrogen and oxygen atoms in total. The number of aryl methyl sites for hydroxylation is 1. The number of hydrogen-bond donors (Lipinski definition) is 0. The minimum absolute atomic E-state index is 0.253. The van der Waals surface area contributed by atoms with Gasteiger partial charge in [-0.05, 0) is 50.4 Å². The number of likely N-dealkylation sites (tertiary alicyclic amines) is 1. The number of imidazole rings is 1. The predicted octanol–water partition coefficient (Wildman–Crippen LogP) is 3.43. The molecule has 1 aliphatic rings. The van der Waals surface area contributed by atoms with Gasteiger partial charge in [0.15, 0.2) is 0 Å². The van der Waals surface area contributed by atoms with Crippen molar-refractivity contribution >= 4 is 11.6 Å². The molecule has 0 aliphatic carbocycles. The van der Waals surface area contributed by atoms with Gasteiger partial charge in [0.1, 0.15) is 5.65 Å². The average molecular weight is 391 g/mol. The maximum atomic E-state index is 12.8. The van der Waals surface area contributed by atoms with Crippen LogP contribution in [0, 0.1) is 0 Å². The van der Waals surface area contributed by atoms with Crippen molar-refractivity contribution < 1.29 is 4.79 Å². The van der Waals surface area contributed by atoms with Crippen LogP contribution in [0.2, 0.25) is 0 Å². The molecule has 4 rings (SSSR count). The number of carbonyl (C=O) groups excluding carboxylic acids is 1. The predicted molar refractivity (Wildman–Crippen MR) is 116 cm³/mol. The molecule has 0 saturated carbocycles. The van der Waals surface area contributed by atoms with E-state index in [0.717, 1.165) is 43.8 Å². The van der Waals surface area contributed by atoms with E-state index >= 15 is 0 Å². The summed E-state index contributed by atoms with van der Waals surface area (Å²) < 4.78 is 2.01. The number of benzene rings is 1. The number of nitrogens with zero attached hydrogens (tertiary/aromatic N) is 4. The molecule has 1 saturated heterocycles. The summed E-state index contributed by atoms with van der Waals surface area (Å²) in [5.41, 5.74) is 3.29. The topological polar surface area (TPSA) is 40.9 Å². The van der Waals surface area contributed by atoms with Gasteiger partial charge in [0.05, 0.1) is 5.69 Å². The minimum atomic E-state index is 0.253. The van der Waals surface area contributed by atoms with Crippen molar-refractivity contribution in [3.8, 4) is 0 Å². The molecule has 1 amide bonds. The number of likely N-dealkylation sites (N-methyl/N-ethyl adjacent to an activating group) is 1. The van der Waals surface area contributed by atoms with E-state index in [9.17, 15) is 4.79 Å². The second-order valence-electron chi connectivity index (χ2n) is 8.05. The van der Waals surface area contributed by atoms with Gasteiger partial charge in [-0.25, -0.2) is 4.98 Å². The molecule has 0 bridgehead atoms. The van der Waals surface area contributed by atoms with Crippen molar-refractivity contribution in [1.82, 2.24) is 19.2 Å². The molecule has 0 spiro atoms. The number of fused-ring (bicyclic) bond motifs is 1. The maximum absolute atomic E-state index is 12.8. The minimum Gasteiger partial charge on any atom is -0.341 e. The third-order valence-corrected chi connectivity index (χ3v) is 5.98. The first-order chi connectivity index (χ1) is 14.2. The highest BCUT2D eigenvalue weighted by Crippen LogP contribution is 2.17. The van der Waals surface area contributed by atoms with Gasteiger partial charge in [-0.3, -0.25) is 4.79 Å². The Morgan fingerprint density at radius 3 is 2.79 bits per heavy atom. The average Bonchev–Trinajstić information content (AvgIpc) is 3.19. The summed E-state index contributed by atoms with van der Waals surface area (Å²) in [7, 11) is 2.19. The van der Waals surface area contributed by atoms with Crippen LogP contribution in [0.4, 0.5) is 0 Å². The zero-order valence-electron chi connectivity index (χ0n) is 17.2. The molecule has 3 aromatic rings. The van der Waals surface area contributed by atoms with Crippen LogP contribution in [-0.2, 0) is 17.6 Å². The van der Waals surface area contributed by atoms with Gasteiger partial charge in [0.2, 0.25) is 5.91 Å². The van der Waals surface area contributed by atoms with Crippen molar-refractivity contribution in [2.75, 3.05) is 26.7 Å². The first-order valence-electron chi connectivity index (χ1n) is 10.6. The van der Waals surface area contributed by atoms with Crippen molar-refractivity contribution in [3.05, 3.63) is 72.2 Å². The fourth-order valence-electron chi connectivity index (χ4n) is 4.17. The van der Waals surface area contributed by atoms with Crippen LogP contribution in [0.5, 0.6) is 0 Å². The van der Waals surface area contributed by atoms with Gasteiger partial charge in [0.25, 0.3) is 0 Å². The number of aromatic nitrogens is 2. The Kier molecular flexibility index (Phi) is 6.25. The molecule has 5 heteroatoms. The van der Waals surface area contributed by atoms with E-state index in [0.29, 0.717) is 18.9 Å². The molecule has 29 heavy (non-hydrogen) atoms. The van der Waals surface area contributed by atoms with Crippen LogP contribution >= 0.6 is 0 Å². The summed E-state index contributed by atoms with van der Waals surface area (Å²) in [5, 5.41) is 0. The zero-order valence-corrected chi connectivity index (χ0v) is 17.2. The van der Waals surface area contributed by atoms with E-state index in [-0.39, 0.29) is 5.91 Å². The Morgan fingerprint density at radius 1 is 1.14 bits per heavy atom. The summed E-state index contributed by atoms with van der Waals surface area (Å²) in [6.07, 6.45) is 8.56. The highest BCUT2D eigenvalue weighted by Gasteiger charge is 2.26. The molecule has 1 aromatic carbocycles. The van der Waals surface area contributed by atoms with E-state index in [4.69, 9.17) is 0 Å². The number of rotatable bonds is 7. The number of hydrogen-bond acceptors (Lipinski definition) is 3. The van der Waals surface area contributed by atoms with E-state index in [1.807, 2.05) is 35.0 Å². The van der Waals surface area contributed by atoms with Gasteiger partial charge in [0, 0.05) is 44.5 Å². The lowest BCUT2D eigenvalue weighted by atomic mass is 10.0. The SMILES string of the molecule is CN(CCc1ccccc1)[C@H]1CCCN(C(=O)CCc2cn3ccccc3n2)C1. The van der Waals surface area contributed by atoms with Crippen LogP contribution < -0.4 is 0 Å². The monoisotopic (exact) mass is 390 g/mol. The molecule has 0 N–H and O–H groups in total. The van der Waals surface area contributed by atoms with Gasteiger partial charge < -0.3 is 14.2 Å². The van der Waals surface area contributed by atoms with Crippen molar-refractivity contribution in [2.45, 2.75) is 38.1 Å². The zero-order chi connectivity index (χ0) is 20.1. The first-order valence-corrected chi connectivity index (χ1v) is 10.6. The van der Waals surface area contributed by atoms with E-state index in [2.05, 4.69) is 52.2 Å². The molecule has 1 atom stereocenters. The van der Waals surface area contributed by atoms with E-state index in [1.54, 1.807) is 0 Å². The third-order valence-electron chi connectivity index (χ3n) is 5.98. The molecule has 3 heterocycles. The molecule has 1 aliphatic heterocycles. The second-order valence-corrected chi connectivity index (χ2v) is 8.05. The van der Waals surface area contributed by atoms with Crippen LogP contribution in [0.3, 0.4) is 0 Å². The van der Waals surface area contributed by atoms with Crippen LogP contribution in [0.1, 0.15) is 30.5 Å².